The summed E-state index contributed by atoms with van der Waals surface area (Å²) in [5.74, 6) is 0.417. The Morgan fingerprint density at radius 3 is 2.60 bits per heavy atom. The largest absolute Gasteiger partial charge is 0.468 e. The van der Waals surface area contributed by atoms with Crippen LogP contribution in [-0.2, 0) is 16.1 Å². The van der Waals surface area contributed by atoms with E-state index in [9.17, 15) is 4.79 Å². The van der Waals surface area contributed by atoms with Crippen molar-refractivity contribution >= 4 is 12.0 Å². The highest BCUT2D eigenvalue weighted by Crippen LogP contribution is 2.50. The normalized spacial score (nSPS) is 30.2. The monoisotopic (exact) mass is 402 g/mol. The Morgan fingerprint density at radius 1 is 1.13 bits per heavy atom. The molecule has 0 amide bonds. The molecule has 3 aliphatic rings. The molecule has 2 aromatic rings. The summed E-state index contributed by atoms with van der Waals surface area (Å²) in [5, 5.41) is 0. The average Bonchev–Trinajstić information content (AvgIpc) is 3.32. The Morgan fingerprint density at radius 2 is 1.87 bits per heavy atom. The van der Waals surface area contributed by atoms with Crippen LogP contribution in [0, 0.1) is 5.92 Å². The highest BCUT2D eigenvalue weighted by Gasteiger charge is 2.60. The zero-order valence-electron chi connectivity index (χ0n) is 17.7. The molecule has 0 bridgehead atoms. The van der Waals surface area contributed by atoms with E-state index < -0.39 is 5.54 Å². The van der Waals surface area contributed by atoms with Gasteiger partial charge in [-0.3, -0.25) is 14.6 Å². The fourth-order valence-electron chi connectivity index (χ4n) is 6.09. The number of esters is 1. The number of likely N-dealkylation sites (tertiary alicyclic amines) is 1. The molecule has 0 saturated carbocycles. The maximum absolute atomic E-state index is 12.9. The molecule has 0 aromatic heterocycles. The van der Waals surface area contributed by atoms with Crippen molar-refractivity contribution in [1.29, 1.82) is 0 Å². The zero-order chi connectivity index (χ0) is 20.6. The summed E-state index contributed by atoms with van der Waals surface area (Å²) in [7, 11) is 1.54. The van der Waals surface area contributed by atoms with Crippen LogP contribution in [0.25, 0.3) is 6.08 Å². The van der Waals surface area contributed by atoms with Gasteiger partial charge in [0.15, 0.2) is 0 Å². The van der Waals surface area contributed by atoms with Gasteiger partial charge in [-0.05, 0) is 48.4 Å². The van der Waals surface area contributed by atoms with E-state index in [1.807, 2.05) is 0 Å². The molecular weight excluding hydrogens is 372 g/mol. The van der Waals surface area contributed by atoms with Gasteiger partial charge < -0.3 is 4.74 Å². The molecular formula is C26H30N2O2. The second kappa shape index (κ2) is 8.01. The van der Waals surface area contributed by atoms with Crippen LogP contribution < -0.4 is 0 Å². The van der Waals surface area contributed by atoms with E-state index in [1.165, 1.54) is 23.8 Å². The smallest absolute Gasteiger partial charge is 0.326 e. The highest BCUT2D eigenvalue weighted by molar-refractivity contribution is 5.82. The molecule has 0 N–H and O–H groups in total. The number of ether oxygens (including phenoxy) is 1. The minimum absolute atomic E-state index is 0.0388. The minimum Gasteiger partial charge on any atom is -0.468 e. The van der Waals surface area contributed by atoms with Gasteiger partial charge in [-0.2, -0.15) is 0 Å². The molecule has 0 radical (unpaired) electrons. The number of piperidine rings is 1. The first-order valence-corrected chi connectivity index (χ1v) is 11.1. The maximum atomic E-state index is 12.9. The van der Waals surface area contributed by atoms with Crippen LogP contribution in [0.2, 0.25) is 0 Å². The first-order valence-electron chi connectivity index (χ1n) is 11.1. The third kappa shape index (κ3) is 3.38. The molecule has 4 heteroatoms. The van der Waals surface area contributed by atoms with Crippen LogP contribution in [0.5, 0.6) is 0 Å². The van der Waals surface area contributed by atoms with E-state index >= 15 is 0 Å². The molecule has 5 rings (SSSR count). The minimum atomic E-state index is -0.428. The van der Waals surface area contributed by atoms with Gasteiger partial charge in [0.25, 0.3) is 0 Å². The van der Waals surface area contributed by atoms with Crippen LogP contribution in [0.3, 0.4) is 0 Å². The summed E-state index contributed by atoms with van der Waals surface area (Å²) in [6.45, 7) is 3.90. The molecule has 30 heavy (non-hydrogen) atoms. The van der Waals surface area contributed by atoms with Crippen molar-refractivity contribution in [2.75, 3.05) is 26.7 Å². The van der Waals surface area contributed by atoms with Crippen LogP contribution >= 0.6 is 0 Å². The number of benzene rings is 2. The third-order valence-electron chi connectivity index (χ3n) is 7.17. The maximum Gasteiger partial charge on any atom is 0.326 e. The molecule has 3 atom stereocenters. The van der Waals surface area contributed by atoms with Gasteiger partial charge in [0.2, 0.25) is 0 Å². The lowest BCUT2D eigenvalue weighted by atomic mass is 9.83. The van der Waals surface area contributed by atoms with Crippen LogP contribution in [-0.4, -0.2) is 54.1 Å². The zero-order valence-corrected chi connectivity index (χ0v) is 17.7. The summed E-state index contributed by atoms with van der Waals surface area (Å²) in [4.78, 5) is 17.9. The van der Waals surface area contributed by atoms with Crippen molar-refractivity contribution < 1.29 is 9.53 Å². The summed E-state index contributed by atoms with van der Waals surface area (Å²) in [6.07, 6.45) is 5.26. The Bertz CT molecular complexity index is 927. The fraction of sp³-hybridized carbons (Fsp3) is 0.423. The fourth-order valence-corrected chi connectivity index (χ4v) is 6.09. The number of hydrogen-bond donors (Lipinski definition) is 0. The summed E-state index contributed by atoms with van der Waals surface area (Å²) >= 11 is 0. The van der Waals surface area contributed by atoms with E-state index in [4.69, 9.17) is 4.74 Å². The molecule has 156 valence electrons. The first kappa shape index (κ1) is 19.5. The van der Waals surface area contributed by atoms with Crippen molar-refractivity contribution in [2.24, 2.45) is 5.92 Å². The summed E-state index contributed by atoms with van der Waals surface area (Å²) in [6, 6.07) is 21.6. The number of nitrogens with zero attached hydrogens (tertiary/aromatic N) is 2. The number of carbonyl (C=O) groups excluding carboxylic acids is 1. The predicted octanol–water partition coefficient (Wildman–Crippen LogP) is 3.98. The van der Waals surface area contributed by atoms with E-state index in [0.717, 1.165) is 45.4 Å². The molecule has 2 aromatic carbocycles. The van der Waals surface area contributed by atoms with Gasteiger partial charge in [-0.25, -0.2) is 0 Å². The number of hydrogen-bond acceptors (Lipinski definition) is 4. The van der Waals surface area contributed by atoms with Gasteiger partial charge in [0.1, 0.15) is 5.54 Å². The van der Waals surface area contributed by atoms with Crippen LogP contribution in [0.15, 0.2) is 66.2 Å². The number of rotatable bonds is 4. The average molecular weight is 403 g/mol. The topological polar surface area (TPSA) is 32.8 Å². The Balaban J connectivity index is 1.49. The van der Waals surface area contributed by atoms with Gasteiger partial charge in [0.05, 0.1) is 7.11 Å². The van der Waals surface area contributed by atoms with Crippen molar-refractivity contribution in [2.45, 2.75) is 37.4 Å². The standard InChI is InChI=1S/C26H30N2O2/c1-30-25(29)26-13-8-14-28(26)24-22(15-20-9-4-2-5-10-20)18-27(19-23(24)16-26)17-21-11-6-3-7-12-21/h2-7,9-12,15,23-24H,8,13-14,16-19H2,1H3/b22-15+/t23-,24+,26-/m1/s1. The molecule has 3 heterocycles. The lowest BCUT2D eigenvalue weighted by Crippen LogP contribution is -2.52. The Hall–Kier alpha value is -2.43. The van der Waals surface area contributed by atoms with Gasteiger partial charge in [-0.1, -0.05) is 66.7 Å². The number of carbonyl (C=O) groups is 1. The second-order valence-corrected chi connectivity index (χ2v) is 9.01. The predicted molar refractivity (Wildman–Crippen MR) is 119 cm³/mol. The highest BCUT2D eigenvalue weighted by atomic mass is 16.5. The third-order valence-corrected chi connectivity index (χ3v) is 7.17. The molecule has 0 aliphatic carbocycles. The van der Waals surface area contributed by atoms with Crippen molar-refractivity contribution in [3.05, 3.63) is 77.4 Å². The first-order chi connectivity index (χ1) is 14.7. The van der Waals surface area contributed by atoms with Crippen LogP contribution in [0.1, 0.15) is 30.4 Å². The molecule has 3 aliphatic heterocycles. The van der Waals surface area contributed by atoms with E-state index in [0.29, 0.717) is 12.0 Å². The van der Waals surface area contributed by atoms with Crippen molar-refractivity contribution in [3.63, 3.8) is 0 Å². The molecule has 3 fully saturated rings. The molecule has 0 unspecified atom stereocenters. The number of methoxy groups -OCH3 is 1. The van der Waals surface area contributed by atoms with Crippen molar-refractivity contribution in [3.8, 4) is 0 Å². The van der Waals surface area contributed by atoms with E-state index in [2.05, 4.69) is 76.5 Å². The lowest BCUT2D eigenvalue weighted by molar-refractivity contribution is -0.152. The van der Waals surface area contributed by atoms with Gasteiger partial charge in [-0.15, -0.1) is 0 Å². The Labute approximate surface area is 179 Å². The van der Waals surface area contributed by atoms with Crippen molar-refractivity contribution in [1.82, 2.24) is 9.80 Å². The van der Waals surface area contributed by atoms with Crippen LogP contribution in [0.4, 0.5) is 0 Å². The quantitative estimate of drug-likeness (QED) is 0.724. The SMILES string of the molecule is COC(=O)[C@]12CCCN1[C@H]1/C(=C/c3ccccc3)CN(Cc3ccccc3)C[C@H]1C2. The number of fused-ring (bicyclic) bond motifs is 3. The molecule has 0 spiro atoms. The second-order valence-electron chi connectivity index (χ2n) is 9.01. The summed E-state index contributed by atoms with van der Waals surface area (Å²) < 4.78 is 5.31. The molecule has 3 saturated heterocycles. The lowest BCUT2D eigenvalue weighted by Gasteiger charge is -2.40. The summed E-state index contributed by atoms with van der Waals surface area (Å²) in [5.41, 5.74) is 3.59. The van der Waals surface area contributed by atoms with E-state index in [-0.39, 0.29) is 5.97 Å². The van der Waals surface area contributed by atoms with E-state index in [1.54, 1.807) is 0 Å². The van der Waals surface area contributed by atoms with Gasteiger partial charge in [0, 0.05) is 25.7 Å². The Kier molecular flexibility index (Phi) is 5.21. The molecule has 4 nitrogen and oxygen atoms in total. The van der Waals surface area contributed by atoms with Gasteiger partial charge >= 0.3 is 5.97 Å².